The van der Waals surface area contributed by atoms with Gasteiger partial charge in [-0.15, -0.1) is 10.3 Å². The predicted octanol–water partition coefficient (Wildman–Crippen LogP) is -0.432. The van der Waals surface area contributed by atoms with E-state index >= 15 is 0 Å². The normalized spacial score (nSPS) is 11.6. The van der Waals surface area contributed by atoms with E-state index in [-0.39, 0.29) is 68.1 Å². The van der Waals surface area contributed by atoms with Gasteiger partial charge < -0.3 is 12.9 Å². The molecule has 0 radical (unpaired) electrons. The summed E-state index contributed by atoms with van der Waals surface area (Å²) < 4.78 is 71.3. The Labute approximate surface area is 151 Å². The van der Waals surface area contributed by atoms with E-state index < -0.39 is 28.4 Å². The van der Waals surface area contributed by atoms with Gasteiger partial charge in [-0.1, -0.05) is 17.8 Å². The Morgan fingerprint density at radius 1 is 1.32 bits per heavy atom. The molecule has 1 aromatic carbocycles. The molecule has 19 heavy (non-hydrogen) atoms. The van der Waals surface area contributed by atoms with Crippen molar-refractivity contribution in [3.8, 4) is 12.3 Å². The number of benzene rings is 1. The molecule has 1 rings (SSSR count). The Kier molecular flexibility index (Phi) is 6.79. The number of halogens is 4. The van der Waals surface area contributed by atoms with Gasteiger partial charge in [0.2, 0.25) is 0 Å². The smallest absolute Gasteiger partial charge is 0.449 e. The van der Waals surface area contributed by atoms with Crippen LogP contribution in [0.2, 0.25) is 0 Å². The molecule has 0 aliphatic carbocycles. The third-order valence-electron chi connectivity index (χ3n) is 2.38. The maximum Gasteiger partial charge on any atom is 1.00 e. The van der Waals surface area contributed by atoms with Gasteiger partial charge in [-0.2, -0.15) is 8.42 Å². The molecule has 9 heteroatoms. The molecule has 0 aromatic heterocycles. The Balaban J connectivity index is 0.00000324. The summed E-state index contributed by atoms with van der Waals surface area (Å²) in [6.45, 7) is -3.83. The van der Waals surface area contributed by atoms with Crippen molar-refractivity contribution in [2.75, 3.05) is 0 Å². The molecular formula is C10H8BF4KO2S. The first kappa shape index (κ1) is 19.2. The molecule has 0 aliphatic rings. The number of hydrogen-bond acceptors (Lipinski definition) is 2. The van der Waals surface area contributed by atoms with Crippen LogP contribution < -0.4 is 51.4 Å². The topological polar surface area (TPSA) is 34.1 Å². The van der Waals surface area contributed by atoms with Crippen molar-refractivity contribution in [1.82, 2.24) is 0 Å². The van der Waals surface area contributed by atoms with Gasteiger partial charge in [-0.05, 0) is 24.6 Å². The Morgan fingerprint density at radius 2 is 1.84 bits per heavy atom. The average Bonchev–Trinajstić information content (AvgIpc) is 2.17. The van der Waals surface area contributed by atoms with Crippen molar-refractivity contribution in [2.24, 2.45) is 0 Å². The van der Waals surface area contributed by atoms with Crippen LogP contribution in [0.25, 0.3) is 0 Å². The van der Waals surface area contributed by atoms with Crippen LogP contribution >= 0.6 is 0 Å². The van der Waals surface area contributed by atoms with Crippen LogP contribution in [0, 0.1) is 19.3 Å². The van der Waals surface area contributed by atoms with Gasteiger partial charge in [0.15, 0.2) is 0 Å². The van der Waals surface area contributed by atoms with Crippen molar-refractivity contribution in [3.05, 3.63) is 28.8 Å². The van der Waals surface area contributed by atoms with Gasteiger partial charge in [0.05, 0.1) is 4.90 Å². The molecule has 0 bridgehead atoms. The standard InChI is InChI=1S/C10H8BF4O2S.K/c1-3-8-4-10(18(15,16)17)5-9(7(8)2)6-11(12,13)14;/h1,4-5H,6H2,2H3;/q-1;+1. The van der Waals surface area contributed by atoms with Crippen LogP contribution in [0.15, 0.2) is 17.0 Å². The number of terminal acetylenes is 1. The molecule has 0 unspecified atom stereocenters. The third kappa shape index (κ3) is 5.57. The second-order valence-electron chi connectivity index (χ2n) is 3.75. The molecule has 0 saturated heterocycles. The van der Waals surface area contributed by atoms with Crippen molar-refractivity contribution in [3.63, 3.8) is 0 Å². The summed E-state index contributed by atoms with van der Waals surface area (Å²) >= 11 is 0. The molecule has 0 spiro atoms. The maximum absolute atomic E-state index is 12.8. The van der Waals surface area contributed by atoms with Crippen molar-refractivity contribution < 1.29 is 76.6 Å². The Hall–Kier alpha value is 0.151. The van der Waals surface area contributed by atoms with Gasteiger partial charge in [0.25, 0.3) is 0 Å². The van der Waals surface area contributed by atoms with Crippen LogP contribution in [0.3, 0.4) is 0 Å². The average molecular weight is 318 g/mol. The summed E-state index contributed by atoms with van der Waals surface area (Å²) in [4.78, 5) is -0.851. The van der Waals surface area contributed by atoms with Gasteiger partial charge in [-0.25, -0.2) is 0 Å². The van der Waals surface area contributed by atoms with E-state index in [9.17, 15) is 25.3 Å². The van der Waals surface area contributed by atoms with Gasteiger partial charge in [-0.3, -0.25) is 0 Å². The van der Waals surface area contributed by atoms with Crippen LogP contribution in [0.1, 0.15) is 16.7 Å². The molecule has 2 nitrogen and oxygen atoms in total. The second kappa shape index (κ2) is 6.74. The molecule has 0 N–H and O–H groups in total. The second-order valence-corrected chi connectivity index (χ2v) is 5.10. The quantitative estimate of drug-likeness (QED) is 0.328. The molecule has 0 fully saturated rings. The summed E-state index contributed by atoms with van der Waals surface area (Å²) in [6, 6.07) is 1.51. The molecular weight excluding hydrogens is 310 g/mol. The number of hydrogen-bond donors (Lipinski definition) is 0. The van der Waals surface area contributed by atoms with Crippen molar-refractivity contribution >= 4 is 17.2 Å². The van der Waals surface area contributed by atoms with E-state index in [1.165, 1.54) is 6.92 Å². The first-order chi connectivity index (χ1) is 8.04. The van der Waals surface area contributed by atoms with Crippen LogP contribution in [0.4, 0.5) is 16.8 Å². The van der Waals surface area contributed by atoms with Gasteiger partial charge in [0.1, 0.15) is 0 Å². The van der Waals surface area contributed by atoms with E-state index in [4.69, 9.17) is 6.42 Å². The summed E-state index contributed by atoms with van der Waals surface area (Å²) in [5, 5.41) is 0. The predicted molar refractivity (Wildman–Crippen MR) is 60.2 cm³/mol. The van der Waals surface area contributed by atoms with E-state index in [1.807, 2.05) is 5.92 Å². The number of rotatable bonds is 3. The zero-order valence-corrected chi connectivity index (χ0v) is 14.2. The Morgan fingerprint density at radius 3 is 2.21 bits per heavy atom. The summed E-state index contributed by atoms with van der Waals surface area (Å²) in [7, 11) is -5.09. The molecule has 0 heterocycles. The minimum absolute atomic E-state index is 0. The Bertz CT molecular complexity index is 620. The summed E-state index contributed by atoms with van der Waals surface area (Å²) in [5.41, 5.74) is -0.262. The molecule has 0 amide bonds. The van der Waals surface area contributed by atoms with E-state index in [2.05, 4.69) is 0 Å². The summed E-state index contributed by atoms with van der Waals surface area (Å²) in [6.07, 6.45) is 3.75. The maximum atomic E-state index is 12.8. The SMILES string of the molecule is C#Cc1cc(S(=O)(=O)F)cc(C[B-](F)(F)F)c1C.[K+]. The first-order valence-electron chi connectivity index (χ1n) is 4.80. The fourth-order valence-corrected chi connectivity index (χ4v) is 2.04. The van der Waals surface area contributed by atoms with E-state index in [0.29, 0.717) is 6.07 Å². The fraction of sp³-hybridized carbons (Fsp3) is 0.200. The van der Waals surface area contributed by atoms with Crippen molar-refractivity contribution in [2.45, 2.75) is 18.1 Å². The molecule has 0 saturated carbocycles. The summed E-state index contributed by atoms with van der Waals surface area (Å²) in [5.74, 6) is 2.04. The molecule has 0 atom stereocenters. The van der Waals surface area contributed by atoms with E-state index in [0.717, 1.165) is 6.07 Å². The van der Waals surface area contributed by atoms with Crippen LogP contribution in [-0.4, -0.2) is 15.4 Å². The fourth-order valence-electron chi connectivity index (χ4n) is 1.50. The van der Waals surface area contributed by atoms with Gasteiger partial charge >= 0.3 is 68.6 Å². The van der Waals surface area contributed by atoms with Crippen LogP contribution in [-0.2, 0) is 16.5 Å². The molecule has 98 valence electrons. The first-order valence-corrected chi connectivity index (χ1v) is 6.19. The zero-order chi connectivity index (χ0) is 14.1. The van der Waals surface area contributed by atoms with E-state index in [1.54, 1.807) is 0 Å². The minimum atomic E-state index is -5.16. The minimum Gasteiger partial charge on any atom is -0.449 e. The zero-order valence-electron chi connectivity index (χ0n) is 10.3. The van der Waals surface area contributed by atoms with Gasteiger partial charge in [0, 0.05) is 5.56 Å². The van der Waals surface area contributed by atoms with Crippen molar-refractivity contribution in [1.29, 1.82) is 0 Å². The largest absolute Gasteiger partial charge is 1.00 e. The van der Waals surface area contributed by atoms with Crippen LogP contribution in [0.5, 0.6) is 0 Å². The molecule has 0 aliphatic heterocycles. The monoisotopic (exact) mass is 318 g/mol. The third-order valence-corrected chi connectivity index (χ3v) is 3.18. The molecule has 1 aromatic rings.